The van der Waals surface area contributed by atoms with Gasteiger partial charge in [-0.15, -0.1) is 0 Å². The number of hydrogen-bond donors (Lipinski definition) is 2. The lowest BCUT2D eigenvalue weighted by Crippen LogP contribution is -2.41. The molecule has 0 aromatic carbocycles. The van der Waals surface area contributed by atoms with E-state index in [1.54, 1.807) is 0 Å². The Hall–Kier alpha value is -1.13. The van der Waals surface area contributed by atoms with Gasteiger partial charge < -0.3 is 15.1 Å². The molecule has 1 fully saturated rings. The zero-order valence-corrected chi connectivity index (χ0v) is 10.9. The third-order valence-electron chi connectivity index (χ3n) is 3.67. The van der Waals surface area contributed by atoms with Crippen molar-refractivity contribution < 1.29 is 10.2 Å². The molecular formula is C14H22N2O2. The standard InChI is InChI=1S/C14H22N2O2/c1-2-14(18)13-7-6-11(9-15-13)16-8-4-3-5-12(16)10-17/h6-7,9,12,14,17-18H,2-5,8,10H2,1H3. The van der Waals surface area contributed by atoms with Crippen LogP contribution in [0.1, 0.15) is 44.4 Å². The number of pyridine rings is 1. The molecule has 0 spiro atoms. The third-order valence-corrected chi connectivity index (χ3v) is 3.67. The highest BCUT2D eigenvalue weighted by atomic mass is 16.3. The van der Waals surface area contributed by atoms with Crippen LogP contribution in [0, 0.1) is 0 Å². The Bertz CT molecular complexity index is 367. The summed E-state index contributed by atoms with van der Waals surface area (Å²) in [6.07, 6.45) is 5.39. The average Bonchev–Trinajstić information content (AvgIpc) is 2.46. The van der Waals surface area contributed by atoms with E-state index in [2.05, 4.69) is 9.88 Å². The van der Waals surface area contributed by atoms with Crippen molar-refractivity contribution in [2.75, 3.05) is 18.1 Å². The van der Waals surface area contributed by atoms with Crippen LogP contribution in [0.4, 0.5) is 5.69 Å². The molecule has 18 heavy (non-hydrogen) atoms. The van der Waals surface area contributed by atoms with E-state index in [9.17, 15) is 10.2 Å². The Kier molecular flexibility index (Phi) is 4.55. The second-order valence-corrected chi connectivity index (χ2v) is 4.89. The summed E-state index contributed by atoms with van der Waals surface area (Å²) in [5.74, 6) is 0. The summed E-state index contributed by atoms with van der Waals surface area (Å²) >= 11 is 0. The number of piperidine rings is 1. The number of nitrogens with zero attached hydrogens (tertiary/aromatic N) is 2. The minimum Gasteiger partial charge on any atom is -0.394 e. The van der Waals surface area contributed by atoms with Gasteiger partial charge in [-0.1, -0.05) is 6.92 Å². The zero-order chi connectivity index (χ0) is 13.0. The smallest absolute Gasteiger partial charge is 0.0957 e. The molecule has 2 atom stereocenters. The van der Waals surface area contributed by atoms with Crippen LogP contribution in [0.2, 0.25) is 0 Å². The molecule has 2 heterocycles. The monoisotopic (exact) mass is 250 g/mol. The normalized spacial score (nSPS) is 21.9. The van der Waals surface area contributed by atoms with E-state index in [0.29, 0.717) is 6.42 Å². The van der Waals surface area contributed by atoms with E-state index in [4.69, 9.17) is 0 Å². The molecule has 2 N–H and O–H groups in total. The second kappa shape index (κ2) is 6.16. The molecular weight excluding hydrogens is 228 g/mol. The number of hydrogen-bond acceptors (Lipinski definition) is 4. The first-order valence-corrected chi connectivity index (χ1v) is 6.77. The molecule has 0 aliphatic carbocycles. The Balaban J connectivity index is 2.12. The topological polar surface area (TPSA) is 56.6 Å². The summed E-state index contributed by atoms with van der Waals surface area (Å²) in [6, 6.07) is 4.09. The molecule has 1 aliphatic rings. The Morgan fingerprint density at radius 3 is 2.89 bits per heavy atom. The van der Waals surface area contributed by atoms with E-state index < -0.39 is 6.10 Å². The molecule has 2 unspecified atom stereocenters. The van der Waals surface area contributed by atoms with Gasteiger partial charge in [0, 0.05) is 6.54 Å². The minimum atomic E-state index is -0.478. The fourth-order valence-electron chi connectivity index (χ4n) is 2.50. The van der Waals surface area contributed by atoms with Gasteiger partial charge in [0.15, 0.2) is 0 Å². The van der Waals surface area contributed by atoms with E-state index >= 15 is 0 Å². The Morgan fingerprint density at radius 1 is 1.44 bits per heavy atom. The van der Waals surface area contributed by atoms with E-state index in [1.165, 1.54) is 6.42 Å². The first kappa shape index (κ1) is 13.3. The van der Waals surface area contributed by atoms with Crippen molar-refractivity contribution in [3.63, 3.8) is 0 Å². The van der Waals surface area contributed by atoms with Crippen LogP contribution in [-0.4, -0.2) is 34.4 Å². The van der Waals surface area contributed by atoms with Gasteiger partial charge in [0.1, 0.15) is 0 Å². The Labute approximate surface area is 108 Å². The fourth-order valence-corrected chi connectivity index (χ4v) is 2.50. The highest BCUT2D eigenvalue weighted by Crippen LogP contribution is 2.25. The van der Waals surface area contributed by atoms with Gasteiger partial charge in [0.05, 0.1) is 36.3 Å². The maximum atomic E-state index is 9.71. The van der Waals surface area contributed by atoms with Crippen LogP contribution in [-0.2, 0) is 0 Å². The molecule has 1 aromatic rings. The van der Waals surface area contributed by atoms with Crippen LogP contribution in [0.3, 0.4) is 0 Å². The van der Waals surface area contributed by atoms with Crippen molar-refractivity contribution in [1.29, 1.82) is 0 Å². The van der Waals surface area contributed by atoms with E-state index in [0.717, 1.165) is 30.8 Å². The van der Waals surface area contributed by atoms with E-state index in [-0.39, 0.29) is 12.6 Å². The minimum absolute atomic E-state index is 0.194. The summed E-state index contributed by atoms with van der Waals surface area (Å²) in [6.45, 7) is 3.11. The lowest BCUT2D eigenvalue weighted by atomic mass is 10.0. The van der Waals surface area contributed by atoms with Crippen LogP contribution < -0.4 is 4.90 Å². The number of aromatic nitrogens is 1. The van der Waals surface area contributed by atoms with Crippen molar-refractivity contribution in [2.24, 2.45) is 0 Å². The van der Waals surface area contributed by atoms with Crippen molar-refractivity contribution in [3.8, 4) is 0 Å². The molecule has 0 radical (unpaired) electrons. The van der Waals surface area contributed by atoms with Gasteiger partial charge in [0.2, 0.25) is 0 Å². The first-order valence-electron chi connectivity index (χ1n) is 6.77. The van der Waals surface area contributed by atoms with Crippen LogP contribution in [0.15, 0.2) is 18.3 Å². The summed E-state index contributed by atoms with van der Waals surface area (Å²) in [7, 11) is 0. The molecule has 4 heteroatoms. The largest absolute Gasteiger partial charge is 0.394 e. The molecule has 1 saturated heterocycles. The van der Waals surface area contributed by atoms with Gasteiger partial charge in [-0.25, -0.2) is 0 Å². The highest BCUT2D eigenvalue weighted by Gasteiger charge is 2.22. The molecule has 1 aromatic heterocycles. The number of anilines is 1. The van der Waals surface area contributed by atoms with Crippen LogP contribution in [0.25, 0.3) is 0 Å². The quantitative estimate of drug-likeness (QED) is 0.856. The fraction of sp³-hybridized carbons (Fsp3) is 0.643. The number of aliphatic hydroxyl groups is 2. The lowest BCUT2D eigenvalue weighted by Gasteiger charge is -2.36. The predicted octanol–water partition coefficient (Wildman–Crippen LogP) is 1.88. The van der Waals surface area contributed by atoms with Gasteiger partial charge >= 0.3 is 0 Å². The second-order valence-electron chi connectivity index (χ2n) is 4.89. The number of aliphatic hydroxyl groups excluding tert-OH is 2. The SMILES string of the molecule is CCC(O)c1ccc(N2CCCCC2CO)cn1. The molecule has 4 nitrogen and oxygen atoms in total. The molecule has 2 rings (SSSR count). The number of rotatable bonds is 4. The lowest BCUT2D eigenvalue weighted by molar-refractivity contribution is 0.169. The van der Waals surface area contributed by atoms with Crippen molar-refractivity contribution in [2.45, 2.75) is 44.8 Å². The average molecular weight is 250 g/mol. The van der Waals surface area contributed by atoms with Gasteiger partial charge in [-0.05, 0) is 37.8 Å². The molecule has 0 saturated carbocycles. The maximum absolute atomic E-state index is 9.71. The van der Waals surface area contributed by atoms with Crippen molar-refractivity contribution in [1.82, 2.24) is 4.98 Å². The van der Waals surface area contributed by atoms with Crippen molar-refractivity contribution >= 4 is 5.69 Å². The Morgan fingerprint density at radius 2 is 2.28 bits per heavy atom. The molecule has 0 amide bonds. The zero-order valence-electron chi connectivity index (χ0n) is 10.9. The molecule has 1 aliphatic heterocycles. The molecule has 100 valence electrons. The molecule has 0 bridgehead atoms. The third kappa shape index (κ3) is 2.82. The van der Waals surface area contributed by atoms with Crippen LogP contribution in [0.5, 0.6) is 0 Å². The maximum Gasteiger partial charge on any atom is 0.0957 e. The highest BCUT2D eigenvalue weighted by molar-refractivity contribution is 5.46. The summed E-state index contributed by atoms with van der Waals surface area (Å²) in [4.78, 5) is 6.54. The summed E-state index contributed by atoms with van der Waals surface area (Å²) in [5.41, 5.74) is 1.76. The van der Waals surface area contributed by atoms with E-state index in [1.807, 2.05) is 25.3 Å². The van der Waals surface area contributed by atoms with Gasteiger partial charge in [-0.3, -0.25) is 4.98 Å². The summed E-state index contributed by atoms with van der Waals surface area (Å²) < 4.78 is 0. The predicted molar refractivity (Wildman–Crippen MR) is 71.6 cm³/mol. The van der Waals surface area contributed by atoms with Crippen LogP contribution >= 0.6 is 0 Å². The van der Waals surface area contributed by atoms with Crippen molar-refractivity contribution in [3.05, 3.63) is 24.0 Å². The summed E-state index contributed by atoms with van der Waals surface area (Å²) in [5, 5.41) is 19.1. The first-order chi connectivity index (χ1) is 8.76. The van der Waals surface area contributed by atoms with Gasteiger partial charge in [-0.2, -0.15) is 0 Å². The van der Waals surface area contributed by atoms with Gasteiger partial charge in [0.25, 0.3) is 0 Å².